The maximum absolute atomic E-state index is 11.6. The number of hydrogen-bond donors (Lipinski definition) is 2. The second-order valence-corrected chi connectivity index (χ2v) is 3.82. The summed E-state index contributed by atoms with van der Waals surface area (Å²) in [6, 6.07) is 6.56. The average molecular weight is 243 g/mol. The van der Waals surface area contributed by atoms with Crippen molar-refractivity contribution in [3.63, 3.8) is 0 Å². The maximum Gasteiger partial charge on any atom is 0.224 e. The highest BCUT2D eigenvalue weighted by molar-refractivity contribution is 5.78. The summed E-state index contributed by atoms with van der Waals surface area (Å²) >= 11 is 0. The number of nitrogens with one attached hydrogen (secondary N) is 1. The smallest absolute Gasteiger partial charge is 0.224 e. The van der Waals surface area contributed by atoms with Crippen LogP contribution in [0.1, 0.15) is 11.3 Å². The van der Waals surface area contributed by atoms with Crippen LogP contribution in [0.2, 0.25) is 0 Å². The molecule has 0 radical (unpaired) electrons. The first-order chi connectivity index (χ1) is 8.74. The van der Waals surface area contributed by atoms with E-state index in [4.69, 9.17) is 5.11 Å². The molecule has 18 heavy (non-hydrogen) atoms. The van der Waals surface area contributed by atoms with Crippen molar-refractivity contribution in [1.29, 1.82) is 0 Å². The van der Waals surface area contributed by atoms with E-state index < -0.39 is 0 Å². The minimum Gasteiger partial charge on any atom is -0.508 e. The fourth-order valence-corrected chi connectivity index (χ4v) is 1.47. The first-order valence-electron chi connectivity index (χ1n) is 5.53. The van der Waals surface area contributed by atoms with Crippen LogP contribution in [0.25, 0.3) is 0 Å². The lowest BCUT2D eigenvalue weighted by molar-refractivity contribution is -0.120. The van der Waals surface area contributed by atoms with E-state index in [1.807, 2.05) is 0 Å². The Morgan fingerprint density at radius 2 is 2.00 bits per heavy atom. The van der Waals surface area contributed by atoms with Crippen LogP contribution in [0.3, 0.4) is 0 Å². The molecule has 2 aromatic rings. The van der Waals surface area contributed by atoms with Crippen LogP contribution >= 0.6 is 0 Å². The molecule has 2 rings (SSSR count). The number of carbonyl (C=O) groups excluding carboxylic acids is 1. The summed E-state index contributed by atoms with van der Waals surface area (Å²) < 4.78 is 0. The molecule has 0 saturated carbocycles. The van der Waals surface area contributed by atoms with Crippen LogP contribution in [0.4, 0.5) is 0 Å². The minimum absolute atomic E-state index is 0.0913. The molecule has 0 spiro atoms. The number of benzene rings is 1. The number of aromatic nitrogens is 2. The molecule has 0 unspecified atom stereocenters. The predicted octanol–water partition coefficient (Wildman–Crippen LogP) is 1.04. The largest absolute Gasteiger partial charge is 0.508 e. The fraction of sp³-hybridized carbons (Fsp3) is 0.154. The van der Waals surface area contributed by atoms with Crippen molar-refractivity contribution in [2.24, 2.45) is 0 Å². The lowest BCUT2D eigenvalue weighted by Crippen LogP contribution is -2.25. The van der Waals surface area contributed by atoms with Gasteiger partial charge in [-0.05, 0) is 17.7 Å². The average Bonchev–Trinajstić information content (AvgIpc) is 2.40. The van der Waals surface area contributed by atoms with E-state index >= 15 is 0 Å². The summed E-state index contributed by atoms with van der Waals surface area (Å²) in [5.41, 5.74) is 1.57. The van der Waals surface area contributed by atoms with E-state index in [0.29, 0.717) is 6.54 Å². The highest BCUT2D eigenvalue weighted by Crippen LogP contribution is 2.09. The van der Waals surface area contributed by atoms with Gasteiger partial charge in [0, 0.05) is 12.4 Å². The zero-order chi connectivity index (χ0) is 12.8. The molecule has 5 nitrogen and oxygen atoms in total. The zero-order valence-corrected chi connectivity index (χ0v) is 9.71. The Kier molecular flexibility index (Phi) is 3.86. The number of rotatable bonds is 4. The fourth-order valence-electron chi connectivity index (χ4n) is 1.47. The molecular weight excluding hydrogens is 230 g/mol. The van der Waals surface area contributed by atoms with Crippen LogP contribution in [-0.2, 0) is 17.8 Å². The van der Waals surface area contributed by atoms with Gasteiger partial charge < -0.3 is 10.4 Å². The molecule has 0 aliphatic rings. The molecule has 92 valence electrons. The predicted molar refractivity (Wildman–Crippen MR) is 65.7 cm³/mol. The summed E-state index contributed by atoms with van der Waals surface area (Å²) in [6.45, 7) is 0.366. The standard InChI is InChI=1S/C13H13N3O2/c17-12-3-1-10(2-4-12)7-13(18)16-9-11-8-14-5-6-15-11/h1-6,8,17H,7,9H2,(H,16,18). The molecule has 0 bridgehead atoms. The molecule has 1 aromatic heterocycles. The van der Waals surface area contributed by atoms with Crippen molar-refractivity contribution in [2.45, 2.75) is 13.0 Å². The second kappa shape index (κ2) is 5.77. The molecule has 0 fully saturated rings. The minimum atomic E-state index is -0.0913. The SMILES string of the molecule is O=C(Cc1ccc(O)cc1)NCc1cnccn1. The van der Waals surface area contributed by atoms with E-state index in [1.54, 1.807) is 42.9 Å². The van der Waals surface area contributed by atoms with Crippen LogP contribution in [0.5, 0.6) is 5.75 Å². The van der Waals surface area contributed by atoms with Gasteiger partial charge in [0.1, 0.15) is 5.75 Å². The summed E-state index contributed by atoms with van der Waals surface area (Å²) in [4.78, 5) is 19.6. The van der Waals surface area contributed by atoms with Gasteiger partial charge in [-0.1, -0.05) is 12.1 Å². The molecule has 1 amide bonds. The normalized spacial score (nSPS) is 10.0. The number of phenols is 1. The lowest BCUT2D eigenvalue weighted by atomic mass is 10.1. The van der Waals surface area contributed by atoms with Gasteiger partial charge in [0.15, 0.2) is 0 Å². The Morgan fingerprint density at radius 1 is 1.22 bits per heavy atom. The Morgan fingerprint density at radius 3 is 2.67 bits per heavy atom. The van der Waals surface area contributed by atoms with Gasteiger partial charge in [-0.2, -0.15) is 0 Å². The first-order valence-corrected chi connectivity index (χ1v) is 5.53. The van der Waals surface area contributed by atoms with Crippen molar-refractivity contribution < 1.29 is 9.90 Å². The first kappa shape index (κ1) is 12.0. The molecule has 1 aromatic carbocycles. The number of amides is 1. The summed E-state index contributed by atoms with van der Waals surface area (Å²) in [7, 11) is 0. The van der Waals surface area contributed by atoms with Crippen molar-refractivity contribution in [2.75, 3.05) is 0 Å². The van der Waals surface area contributed by atoms with Gasteiger partial charge in [-0.15, -0.1) is 0 Å². The molecule has 0 aliphatic heterocycles. The molecule has 0 saturated heterocycles. The third-order valence-electron chi connectivity index (χ3n) is 2.38. The van der Waals surface area contributed by atoms with E-state index in [2.05, 4.69) is 15.3 Å². The molecule has 2 N–H and O–H groups in total. The van der Waals surface area contributed by atoms with Crippen molar-refractivity contribution in [3.05, 3.63) is 54.1 Å². The Hall–Kier alpha value is -2.43. The van der Waals surface area contributed by atoms with E-state index in [0.717, 1.165) is 11.3 Å². The highest BCUT2D eigenvalue weighted by Gasteiger charge is 2.03. The monoisotopic (exact) mass is 243 g/mol. The molecule has 0 atom stereocenters. The third-order valence-corrected chi connectivity index (χ3v) is 2.38. The van der Waals surface area contributed by atoms with Crippen LogP contribution in [-0.4, -0.2) is 21.0 Å². The van der Waals surface area contributed by atoms with Crippen LogP contribution < -0.4 is 5.32 Å². The van der Waals surface area contributed by atoms with Gasteiger partial charge in [0.25, 0.3) is 0 Å². The Bertz CT molecular complexity index is 512. The summed E-state index contributed by atoms with van der Waals surface area (Å²) in [6.07, 6.45) is 5.06. The van der Waals surface area contributed by atoms with E-state index in [-0.39, 0.29) is 18.1 Å². The number of carbonyl (C=O) groups is 1. The summed E-state index contributed by atoms with van der Waals surface area (Å²) in [5.74, 6) is 0.102. The number of phenolic OH excluding ortho intramolecular Hbond substituents is 1. The van der Waals surface area contributed by atoms with Crippen LogP contribution in [0, 0.1) is 0 Å². The van der Waals surface area contributed by atoms with Gasteiger partial charge in [0.05, 0.1) is 24.9 Å². The quantitative estimate of drug-likeness (QED) is 0.841. The lowest BCUT2D eigenvalue weighted by Gasteiger charge is -2.04. The van der Waals surface area contributed by atoms with Gasteiger partial charge in [0.2, 0.25) is 5.91 Å². The molecule has 0 aliphatic carbocycles. The molecule has 5 heteroatoms. The topological polar surface area (TPSA) is 75.1 Å². The van der Waals surface area contributed by atoms with Crippen molar-refractivity contribution in [3.8, 4) is 5.75 Å². The van der Waals surface area contributed by atoms with Gasteiger partial charge in [-0.25, -0.2) is 0 Å². The third kappa shape index (κ3) is 3.55. The van der Waals surface area contributed by atoms with Crippen molar-refractivity contribution in [1.82, 2.24) is 15.3 Å². The summed E-state index contributed by atoms with van der Waals surface area (Å²) in [5, 5.41) is 11.9. The van der Waals surface area contributed by atoms with Crippen molar-refractivity contribution >= 4 is 5.91 Å². The van der Waals surface area contributed by atoms with Crippen LogP contribution in [0.15, 0.2) is 42.9 Å². The number of hydrogen-bond acceptors (Lipinski definition) is 4. The zero-order valence-electron chi connectivity index (χ0n) is 9.71. The Balaban J connectivity index is 1.84. The maximum atomic E-state index is 11.6. The second-order valence-electron chi connectivity index (χ2n) is 3.82. The van der Waals surface area contributed by atoms with Gasteiger partial charge in [-0.3, -0.25) is 14.8 Å². The van der Waals surface area contributed by atoms with Gasteiger partial charge >= 0.3 is 0 Å². The number of nitrogens with zero attached hydrogens (tertiary/aromatic N) is 2. The molecule has 1 heterocycles. The Labute approximate surface area is 105 Å². The highest BCUT2D eigenvalue weighted by atomic mass is 16.3. The molecular formula is C13H13N3O2. The number of aromatic hydroxyl groups is 1. The van der Waals surface area contributed by atoms with E-state index in [1.165, 1.54) is 0 Å². The van der Waals surface area contributed by atoms with E-state index in [9.17, 15) is 4.79 Å².